The van der Waals surface area contributed by atoms with Crippen LogP contribution in [0.4, 0.5) is 11.4 Å². The zero-order chi connectivity index (χ0) is 18.8. The van der Waals surface area contributed by atoms with Crippen LogP contribution in [0.5, 0.6) is 0 Å². The summed E-state index contributed by atoms with van der Waals surface area (Å²) in [4.78, 5) is 52.0. The van der Waals surface area contributed by atoms with Gasteiger partial charge in [0.25, 0.3) is 0 Å². The number of anilines is 2. The van der Waals surface area contributed by atoms with Crippen molar-refractivity contribution in [2.75, 3.05) is 22.9 Å². The Labute approximate surface area is 151 Å². The standard InChI is InChI=1S/C20H18N2O4/c1-3-21(11-23)15-9-10-16(22(4-2)12-24)18-17(15)19(25)13-7-5-6-8-14(13)20(18)26/h5-12H,3-4H2,1-2H3. The van der Waals surface area contributed by atoms with E-state index < -0.39 is 0 Å². The molecule has 0 unspecified atom stereocenters. The molecule has 0 saturated carbocycles. The second-order valence-corrected chi connectivity index (χ2v) is 5.84. The predicted molar refractivity (Wildman–Crippen MR) is 97.9 cm³/mol. The Morgan fingerprint density at radius 1 is 0.731 bits per heavy atom. The van der Waals surface area contributed by atoms with Gasteiger partial charge < -0.3 is 9.80 Å². The lowest BCUT2D eigenvalue weighted by atomic mass is 9.82. The number of rotatable bonds is 6. The number of carbonyl (C=O) groups excluding carboxylic acids is 4. The molecule has 2 amide bonds. The molecule has 0 saturated heterocycles. The van der Waals surface area contributed by atoms with E-state index >= 15 is 0 Å². The first-order chi connectivity index (χ1) is 12.6. The molecular weight excluding hydrogens is 332 g/mol. The summed E-state index contributed by atoms with van der Waals surface area (Å²) in [6.45, 7) is 4.26. The fourth-order valence-electron chi connectivity index (χ4n) is 3.27. The first kappa shape index (κ1) is 17.5. The van der Waals surface area contributed by atoms with E-state index in [1.807, 2.05) is 0 Å². The third-order valence-electron chi connectivity index (χ3n) is 4.59. The molecule has 6 heteroatoms. The van der Waals surface area contributed by atoms with Crippen LogP contribution in [0, 0.1) is 0 Å². The van der Waals surface area contributed by atoms with Gasteiger partial charge in [-0.15, -0.1) is 0 Å². The van der Waals surface area contributed by atoms with E-state index in [2.05, 4.69) is 0 Å². The summed E-state index contributed by atoms with van der Waals surface area (Å²) in [6.07, 6.45) is 1.26. The van der Waals surface area contributed by atoms with Crippen molar-refractivity contribution < 1.29 is 19.2 Å². The minimum Gasteiger partial charge on any atom is -0.315 e. The van der Waals surface area contributed by atoms with E-state index in [1.165, 1.54) is 9.80 Å². The van der Waals surface area contributed by atoms with Crippen molar-refractivity contribution >= 4 is 35.8 Å². The highest BCUT2D eigenvalue weighted by molar-refractivity contribution is 6.32. The molecule has 0 heterocycles. The van der Waals surface area contributed by atoms with Gasteiger partial charge in [-0.1, -0.05) is 24.3 Å². The summed E-state index contributed by atoms with van der Waals surface area (Å²) >= 11 is 0. The van der Waals surface area contributed by atoms with E-state index in [1.54, 1.807) is 50.2 Å². The SMILES string of the molecule is CCN(C=O)c1ccc(N(C=O)CC)c2c1C(=O)c1ccccc1C2=O. The Balaban J connectivity index is 2.37. The van der Waals surface area contributed by atoms with Crippen LogP contribution in [0.25, 0.3) is 0 Å². The molecule has 0 bridgehead atoms. The molecule has 0 aliphatic heterocycles. The minimum atomic E-state index is -0.325. The number of amides is 2. The van der Waals surface area contributed by atoms with Gasteiger partial charge in [-0.25, -0.2) is 0 Å². The van der Waals surface area contributed by atoms with E-state index in [4.69, 9.17) is 0 Å². The molecule has 2 aromatic rings. The van der Waals surface area contributed by atoms with Gasteiger partial charge in [0.2, 0.25) is 12.8 Å². The van der Waals surface area contributed by atoms with Crippen LogP contribution in [-0.4, -0.2) is 37.5 Å². The van der Waals surface area contributed by atoms with Crippen LogP contribution in [0.3, 0.4) is 0 Å². The monoisotopic (exact) mass is 350 g/mol. The molecule has 3 rings (SSSR count). The zero-order valence-electron chi connectivity index (χ0n) is 14.6. The van der Waals surface area contributed by atoms with Gasteiger partial charge >= 0.3 is 0 Å². The number of ketones is 2. The quantitative estimate of drug-likeness (QED) is 0.640. The Morgan fingerprint density at radius 2 is 1.12 bits per heavy atom. The average molecular weight is 350 g/mol. The molecular formula is C20H18N2O4. The van der Waals surface area contributed by atoms with Crippen LogP contribution in [0.1, 0.15) is 45.7 Å². The van der Waals surface area contributed by atoms with Crippen LogP contribution in [-0.2, 0) is 9.59 Å². The van der Waals surface area contributed by atoms with Crippen molar-refractivity contribution in [3.8, 4) is 0 Å². The Hall–Kier alpha value is -3.28. The van der Waals surface area contributed by atoms with Crippen molar-refractivity contribution in [3.63, 3.8) is 0 Å². The van der Waals surface area contributed by atoms with Crippen molar-refractivity contribution in [3.05, 3.63) is 58.7 Å². The number of hydrogen-bond donors (Lipinski definition) is 0. The van der Waals surface area contributed by atoms with Gasteiger partial charge in [-0.2, -0.15) is 0 Å². The number of carbonyl (C=O) groups is 4. The van der Waals surface area contributed by atoms with Gasteiger partial charge in [-0.3, -0.25) is 19.2 Å². The summed E-state index contributed by atoms with van der Waals surface area (Å²) < 4.78 is 0. The third kappa shape index (κ3) is 2.50. The highest BCUT2D eigenvalue weighted by Crippen LogP contribution is 2.38. The van der Waals surface area contributed by atoms with Crippen LogP contribution >= 0.6 is 0 Å². The number of hydrogen-bond acceptors (Lipinski definition) is 4. The molecule has 0 fully saturated rings. The summed E-state index contributed by atoms with van der Waals surface area (Å²) in [7, 11) is 0. The molecule has 0 radical (unpaired) electrons. The molecule has 26 heavy (non-hydrogen) atoms. The zero-order valence-corrected chi connectivity index (χ0v) is 14.6. The van der Waals surface area contributed by atoms with Crippen LogP contribution in [0.15, 0.2) is 36.4 Å². The molecule has 2 aromatic carbocycles. The largest absolute Gasteiger partial charge is 0.315 e. The van der Waals surface area contributed by atoms with Gasteiger partial charge in [0.15, 0.2) is 11.6 Å². The van der Waals surface area contributed by atoms with E-state index in [0.717, 1.165) is 0 Å². The van der Waals surface area contributed by atoms with Crippen molar-refractivity contribution in [1.29, 1.82) is 0 Å². The molecule has 132 valence electrons. The first-order valence-corrected chi connectivity index (χ1v) is 8.38. The molecule has 1 aliphatic rings. The van der Waals surface area contributed by atoms with Crippen LogP contribution in [0.2, 0.25) is 0 Å². The maximum absolute atomic E-state index is 13.2. The first-order valence-electron chi connectivity index (χ1n) is 8.38. The summed E-state index contributed by atoms with van der Waals surface area (Å²) in [5.41, 5.74) is 1.69. The lowest BCUT2D eigenvalue weighted by molar-refractivity contribution is -0.108. The summed E-state index contributed by atoms with van der Waals surface area (Å²) in [5.74, 6) is -0.649. The van der Waals surface area contributed by atoms with Crippen molar-refractivity contribution in [1.82, 2.24) is 0 Å². The van der Waals surface area contributed by atoms with Crippen LogP contribution < -0.4 is 9.80 Å². The van der Waals surface area contributed by atoms with Crippen molar-refractivity contribution in [2.24, 2.45) is 0 Å². The van der Waals surface area contributed by atoms with E-state index in [0.29, 0.717) is 48.4 Å². The molecule has 6 nitrogen and oxygen atoms in total. The second kappa shape index (κ2) is 6.92. The summed E-state index contributed by atoms with van der Waals surface area (Å²) in [6, 6.07) is 9.81. The lowest BCUT2D eigenvalue weighted by Gasteiger charge is -2.28. The predicted octanol–water partition coefficient (Wildman–Crippen LogP) is 2.43. The lowest BCUT2D eigenvalue weighted by Crippen LogP contribution is -2.31. The Kier molecular flexibility index (Phi) is 4.67. The third-order valence-corrected chi connectivity index (χ3v) is 4.59. The number of benzene rings is 2. The van der Waals surface area contributed by atoms with E-state index in [-0.39, 0.29) is 22.7 Å². The highest BCUT2D eigenvalue weighted by Gasteiger charge is 2.35. The molecule has 0 spiro atoms. The molecule has 0 atom stereocenters. The number of nitrogens with zero attached hydrogens (tertiary/aromatic N) is 2. The van der Waals surface area contributed by atoms with E-state index in [9.17, 15) is 19.2 Å². The molecule has 0 aromatic heterocycles. The molecule has 1 aliphatic carbocycles. The van der Waals surface area contributed by atoms with Crippen molar-refractivity contribution in [2.45, 2.75) is 13.8 Å². The fourth-order valence-corrected chi connectivity index (χ4v) is 3.27. The van der Waals surface area contributed by atoms with Gasteiger partial charge in [0.1, 0.15) is 0 Å². The highest BCUT2D eigenvalue weighted by atomic mass is 16.1. The van der Waals surface area contributed by atoms with Gasteiger partial charge in [0.05, 0.1) is 22.5 Å². The fraction of sp³-hybridized carbons (Fsp3) is 0.200. The maximum atomic E-state index is 13.2. The maximum Gasteiger partial charge on any atom is 0.214 e. The Bertz CT molecular complexity index is 846. The Morgan fingerprint density at radius 3 is 1.42 bits per heavy atom. The summed E-state index contributed by atoms with van der Waals surface area (Å²) in [5, 5.41) is 0. The molecule has 0 N–H and O–H groups in total. The van der Waals surface area contributed by atoms with Gasteiger partial charge in [0, 0.05) is 24.2 Å². The normalized spacial score (nSPS) is 12.2. The minimum absolute atomic E-state index is 0.167. The second-order valence-electron chi connectivity index (χ2n) is 5.84. The topological polar surface area (TPSA) is 74.8 Å². The average Bonchev–Trinajstić information content (AvgIpc) is 2.68. The smallest absolute Gasteiger partial charge is 0.214 e. The number of fused-ring (bicyclic) bond motifs is 2. The van der Waals surface area contributed by atoms with Gasteiger partial charge in [-0.05, 0) is 26.0 Å².